The van der Waals surface area contributed by atoms with Crippen LogP contribution in [-0.2, 0) is 28.1 Å². The van der Waals surface area contributed by atoms with Crippen molar-refractivity contribution >= 4 is 17.8 Å². The van der Waals surface area contributed by atoms with Gasteiger partial charge < -0.3 is 15.9 Å². The van der Waals surface area contributed by atoms with Gasteiger partial charge in [-0.3, -0.25) is 14.7 Å². The zero-order valence-corrected chi connectivity index (χ0v) is 22.2. The molecule has 4 N–H and O–H groups in total. The molecule has 9 nitrogen and oxygen atoms in total. The highest BCUT2D eigenvalue weighted by Gasteiger charge is 2.68. The molecule has 12 heteroatoms. The number of guanidine groups is 1. The first-order chi connectivity index (χ1) is 18.6. The normalized spacial score (nSPS) is 29.1. The van der Waals surface area contributed by atoms with E-state index in [-0.39, 0.29) is 23.7 Å². The van der Waals surface area contributed by atoms with E-state index in [9.17, 15) is 28.3 Å². The van der Waals surface area contributed by atoms with Crippen LogP contribution in [0.4, 0.5) is 13.2 Å². The number of carbonyl (C=O) groups is 2. The predicted octanol–water partition coefficient (Wildman–Crippen LogP) is 3.42. The molecule has 2 unspecified atom stereocenters. The topological polar surface area (TPSA) is 153 Å². The summed E-state index contributed by atoms with van der Waals surface area (Å²) in [6, 6.07) is 11.6. The fraction of sp³-hybridized carbons (Fsp3) is 0.464. The molecule has 5 rings (SSSR count). The van der Waals surface area contributed by atoms with Crippen LogP contribution in [0.5, 0.6) is 0 Å². The number of nitrogens with zero attached hydrogens (tertiary/aromatic N) is 4. The lowest BCUT2D eigenvalue weighted by Crippen LogP contribution is -2.55. The van der Waals surface area contributed by atoms with Crippen LogP contribution >= 0.6 is 0 Å². The van der Waals surface area contributed by atoms with Gasteiger partial charge in [-0.15, -0.1) is 0 Å². The number of fused-ring (bicyclic) bond motifs is 3. The van der Waals surface area contributed by atoms with E-state index in [0.717, 1.165) is 22.4 Å². The fourth-order valence-electron chi connectivity index (χ4n) is 6.61. The zero-order valence-electron chi connectivity index (χ0n) is 22.2. The fourth-order valence-corrected chi connectivity index (χ4v) is 6.61. The molecule has 1 aromatic heterocycles. The SMILES string of the molecule is Cc1cc(CN2C(=O)[C@]3(N=C2N)c2cc(C#N)ccc2CC32C[C@@H](C)C(O)[C@@H](C)C2)ccn1.O=C(O)C(F)(F)F. The van der Waals surface area contributed by atoms with Crippen molar-refractivity contribution < 1.29 is 33.0 Å². The number of hydrogen-bond acceptors (Lipinski definition) is 7. The van der Waals surface area contributed by atoms with Gasteiger partial charge in [0.25, 0.3) is 5.91 Å². The smallest absolute Gasteiger partial charge is 0.475 e. The summed E-state index contributed by atoms with van der Waals surface area (Å²) in [5.41, 5.74) is 8.92. The van der Waals surface area contributed by atoms with Crippen LogP contribution in [0.15, 0.2) is 41.5 Å². The molecule has 212 valence electrons. The van der Waals surface area contributed by atoms with E-state index < -0.39 is 29.2 Å². The predicted molar refractivity (Wildman–Crippen MR) is 137 cm³/mol. The number of aliphatic hydroxyl groups excluding tert-OH is 1. The summed E-state index contributed by atoms with van der Waals surface area (Å²) in [4.78, 5) is 34.0. The van der Waals surface area contributed by atoms with Crippen molar-refractivity contribution in [2.45, 2.75) is 64.4 Å². The third-order valence-electron chi connectivity index (χ3n) is 8.17. The van der Waals surface area contributed by atoms with Crippen molar-refractivity contribution in [1.29, 1.82) is 5.26 Å². The first kappa shape index (κ1) is 29.0. The highest BCUT2D eigenvalue weighted by molar-refractivity contribution is 6.08. The van der Waals surface area contributed by atoms with Crippen molar-refractivity contribution in [2.24, 2.45) is 28.0 Å². The third-order valence-corrected chi connectivity index (χ3v) is 8.17. The number of rotatable bonds is 2. The lowest BCUT2D eigenvalue weighted by Gasteiger charge is -2.49. The molecule has 3 aliphatic rings. The summed E-state index contributed by atoms with van der Waals surface area (Å²) < 4.78 is 31.7. The van der Waals surface area contributed by atoms with Gasteiger partial charge in [-0.1, -0.05) is 19.9 Å². The molecule has 2 aromatic rings. The van der Waals surface area contributed by atoms with Gasteiger partial charge >= 0.3 is 12.1 Å². The Morgan fingerprint density at radius 3 is 2.40 bits per heavy atom. The number of carboxylic acid groups (broad SMARTS) is 1. The van der Waals surface area contributed by atoms with Gasteiger partial charge in [0.15, 0.2) is 11.5 Å². The number of aliphatic carboxylic acids is 1. The van der Waals surface area contributed by atoms with Crippen LogP contribution < -0.4 is 5.73 Å². The second-order valence-corrected chi connectivity index (χ2v) is 11.0. The number of halogens is 3. The molecule has 2 heterocycles. The summed E-state index contributed by atoms with van der Waals surface area (Å²) in [7, 11) is 0. The molecule has 1 aromatic carbocycles. The highest BCUT2D eigenvalue weighted by atomic mass is 19.4. The Morgan fingerprint density at radius 2 is 1.85 bits per heavy atom. The van der Waals surface area contributed by atoms with E-state index in [1.165, 1.54) is 0 Å². The molecular weight excluding hydrogens is 527 g/mol. The van der Waals surface area contributed by atoms with Crippen molar-refractivity contribution in [3.8, 4) is 6.07 Å². The Morgan fingerprint density at radius 1 is 1.23 bits per heavy atom. The Kier molecular flexibility index (Phi) is 7.40. The average Bonchev–Trinajstić information content (AvgIpc) is 3.28. The van der Waals surface area contributed by atoms with E-state index in [2.05, 4.69) is 11.1 Å². The molecule has 0 bridgehead atoms. The Bertz CT molecular complexity index is 1410. The average molecular weight is 558 g/mol. The standard InChI is InChI=1S/C26H29N5O2.C2HF3O2/c1-15-10-25(11-16(2)22(15)32)12-20-5-4-18(13-27)9-21(20)26(25)23(33)31(24(28)30-26)14-19-6-7-29-17(3)8-19;3-2(4,5)1(6)7/h4-9,15-16,22,32H,10-12,14H2,1-3H3,(H2,28,30);(H,6,7)/t15-,16+,22?,25?,26-;/m1./s1. The molecule has 2 aliphatic carbocycles. The molecule has 1 aliphatic heterocycles. The van der Waals surface area contributed by atoms with E-state index in [1.54, 1.807) is 17.2 Å². The maximum Gasteiger partial charge on any atom is 0.490 e. The van der Waals surface area contributed by atoms with Crippen LogP contribution in [0.3, 0.4) is 0 Å². The second-order valence-electron chi connectivity index (χ2n) is 11.0. The van der Waals surface area contributed by atoms with Gasteiger partial charge in [0.1, 0.15) is 0 Å². The number of aliphatic imine (C=N–C) groups is 1. The van der Waals surface area contributed by atoms with Gasteiger partial charge in [0.05, 0.1) is 24.3 Å². The number of benzene rings is 1. The van der Waals surface area contributed by atoms with E-state index in [0.29, 0.717) is 31.4 Å². The molecule has 0 saturated heterocycles. The monoisotopic (exact) mass is 557 g/mol. The third kappa shape index (κ3) is 4.79. The summed E-state index contributed by atoms with van der Waals surface area (Å²) in [5.74, 6) is -2.64. The van der Waals surface area contributed by atoms with Crippen LogP contribution in [-0.4, -0.2) is 50.2 Å². The minimum atomic E-state index is -5.08. The number of aromatic nitrogens is 1. The Labute approximate surface area is 229 Å². The van der Waals surface area contributed by atoms with Crippen LogP contribution in [0.25, 0.3) is 0 Å². The summed E-state index contributed by atoms with van der Waals surface area (Å²) in [6.07, 6.45) is -1.76. The Balaban J connectivity index is 0.000000470. The zero-order chi connectivity index (χ0) is 29.6. The molecular formula is C28H30F3N5O4. The van der Waals surface area contributed by atoms with Crippen molar-refractivity contribution in [3.63, 3.8) is 0 Å². The van der Waals surface area contributed by atoms with Crippen molar-refractivity contribution in [3.05, 3.63) is 64.5 Å². The number of hydrogen-bond donors (Lipinski definition) is 3. The molecule has 40 heavy (non-hydrogen) atoms. The maximum absolute atomic E-state index is 14.3. The molecule has 1 saturated carbocycles. The van der Waals surface area contributed by atoms with Gasteiger partial charge in [0.2, 0.25) is 0 Å². The number of pyridine rings is 1. The quantitative estimate of drug-likeness (QED) is 0.511. The van der Waals surface area contributed by atoms with Gasteiger partial charge in [-0.25, -0.2) is 9.79 Å². The number of aliphatic hydroxyl groups is 1. The number of carboxylic acids is 1. The summed E-state index contributed by atoms with van der Waals surface area (Å²) in [5, 5.41) is 27.4. The second kappa shape index (κ2) is 10.2. The lowest BCUT2D eigenvalue weighted by molar-refractivity contribution is -0.192. The van der Waals surface area contributed by atoms with Gasteiger partial charge in [0, 0.05) is 17.3 Å². The molecule has 0 radical (unpaired) electrons. The summed E-state index contributed by atoms with van der Waals surface area (Å²) >= 11 is 0. The largest absolute Gasteiger partial charge is 0.490 e. The number of carbonyl (C=O) groups excluding carboxylic acids is 1. The molecule has 5 atom stereocenters. The van der Waals surface area contributed by atoms with Crippen LogP contribution in [0, 0.1) is 35.5 Å². The first-order valence-electron chi connectivity index (χ1n) is 12.8. The molecule has 1 amide bonds. The van der Waals surface area contributed by atoms with Crippen molar-refractivity contribution in [2.75, 3.05) is 0 Å². The van der Waals surface area contributed by atoms with E-state index in [4.69, 9.17) is 20.6 Å². The number of nitriles is 1. The van der Waals surface area contributed by atoms with Gasteiger partial charge in [-0.05, 0) is 79.0 Å². The highest BCUT2D eigenvalue weighted by Crippen LogP contribution is 2.63. The van der Waals surface area contributed by atoms with Crippen LogP contribution in [0.1, 0.15) is 54.6 Å². The lowest BCUT2D eigenvalue weighted by atomic mass is 9.56. The summed E-state index contributed by atoms with van der Waals surface area (Å²) in [6.45, 7) is 6.32. The van der Waals surface area contributed by atoms with Gasteiger partial charge in [-0.2, -0.15) is 18.4 Å². The number of amides is 1. The molecule has 2 spiro atoms. The van der Waals surface area contributed by atoms with Crippen molar-refractivity contribution in [1.82, 2.24) is 9.88 Å². The minimum Gasteiger partial charge on any atom is -0.475 e. The number of aryl methyl sites for hydroxylation is 1. The Hall–Kier alpha value is -3.98. The maximum atomic E-state index is 14.3. The van der Waals surface area contributed by atoms with Crippen LogP contribution in [0.2, 0.25) is 0 Å². The first-order valence-corrected chi connectivity index (χ1v) is 12.8. The minimum absolute atomic E-state index is 0.0245. The number of alkyl halides is 3. The van der Waals surface area contributed by atoms with E-state index >= 15 is 0 Å². The number of nitrogens with two attached hydrogens (primary N) is 1. The van der Waals surface area contributed by atoms with E-state index in [1.807, 2.05) is 45.0 Å². The molecule has 1 fully saturated rings.